The van der Waals surface area contributed by atoms with Crippen LogP contribution in [-0.2, 0) is 10.5 Å². The van der Waals surface area contributed by atoms with Crippen LogP contribution in [0.4, 0.5) is 0 Å². The molecule has 2 aromatic rings. The highest BCUT2D eigenvalue weighted by atomic mass is 16.5. The molecule has 2 rings (SSSR count). The number of nitrogens with zero attached hydrogens (tertiary/aromatic N) is 2. The molecule has 0 fully saturated rings. The second-order valence-electron chi connectivity index (χ2n) is 3.88. The number of azo groups is 1. The Kier molecular flexibility index (Phi) is 3.85. The summed E-state index contributed by atoms with van der Waals surface area (Å²) in [6.45, 7) is 0. The van der Waals surface area contributed by atoms with Crippen molar-refractivity contribution in [2.45, 2.75) is 5.72 Å². The van der Waals surface area contributed by atoms with E-state index in [2.05, 4.69) is 10.2 Å². The fourth-order valence-electron chi connectivity index (χ4n) is 2.03. The van der Waals surface area contributed by atoms with Crippen molar-refractivity contribution >= 4 is 0 Å². The number of rotatable bonds is 4. The van der Waals surface area contributed by atoms with E-state index < -0.39 is 5.72 Å². The largest absolute Gasteiger partial charge is 0.348 e. The monoisotopic (exact) mass is 240 g/mol. The fourth-order valence-corrected chi connectivity index (χ4v) is 2.03. The molecule has 0 heterocycles. The molecule has 0 saturated heterocycles. The van der Waals surface area contributed by atoms with Gasteiger partial charge in [0.1, 0.15) is 0 Å². The third kappa shape index (κ3) is 2.17. The molecule has 0 bridgehead atoms. The van der Waals surface area contributed by atoms with Crippen LogP contribution in [0, 0.1) is 0 Å². The number of ether oxygens (including phenoxy) is 1. The zero-order valence-electron chi connectivity index (χ0n) is 10.6. The lowest BCUT2D eigenvalue weighted by atomic mass is 9.95. The highest BCUT2D eigenvalue weighted by Gasteiger charge is 2.34. The molecule has 0 spiro atoms. The standard InChI is InChI=1S/C15H16N2O/c1-16-17-15(18-2,13-9-5-3-6-10-13)14-11-7-4-8-12-14/h3-12H,1-2H3. The summed E-state index contributed by atoms with van der Waals surface area (Å²) in [5, 5.41) is 8.25. The van der Waals surface area contributed by atoms with E-state index in [0.29, 0.717) is 0 Å². The van der Waals surface area contributed by atoms with E-state index >= 15 is 0 Å². The Labute approximate surface area is 107 Å². The molecular formula is C15H16N2O. The molecule has 92 valence electrons. The zero-order valence-corrected chi connectivity index (χ0v) is 10.6. The summed E-state index contributed by atoms with van der Waals surface area (Å²) in [6, 6.07) is 19.8. The van der Waals surface area contributed by atoms with E-state index in [-0.39, 0.29) is 0 Å². The summed E-state index contributed by atoms with van der Waals surface area (Å²) in [5.41, 5.74) is 1.06. The van der Waals surface area contributed by atoms with Gasteiger partial charge in [0.2, 0.25) is 5.72 Å². The van der Waals surface area contributed by atoms with Gasteiger partial charge in [-0.2, -0.15) is 5.11 Å². The van der Waals surface area contributed by atoms with Crippen molar-refractivity contribution in [1.29, 1.82) is 0 Å². The summed E-state index contributed by atoms with van der Waals surface area (Å²) in [6.07, 6.45) is 0. The summed E-state index contributed by atoms with van der Waals surface area (Å²) < 4.78 is 5.69. The minimum Gasteiger partial charge on any atom is -0.348 e. The number of methoxy groups -OCH3 is 1. The van der Waals surface area contributed by atoms with E-state index in [0.717, 1.165) is 11.1 Å². The molecule has 18 heavy (non-hydrogen) atoms. The van der Waals surface area contributed by atoms with Crippen LogP contribution in [0.5, 0.6) is 0 Å². The molecule has 0 saturated carbocycles. The van der Waals surface area contributed by atoms with Gasteiger partial charge < -0.3 is 4.74 Å². The van der Waals surface area contributed by atoms with Gasteiger partial charge in [-0.25, -0.2) is 0 Å². The van der Waals surface area contributed by atoms with Crippen LogP contribution >= 0.6 is 0 Å². The fraction of sp³-hybridized carbons (Fsp3) is 0.200. The second kappa shape index (κ2) is 5.56. The van der Waals surface area contributed by atoms with Crippen molar-refractivity contribution in [3.8, 4) is 0 Å². The van der Waals surface area contributed by atoms with Gasteiger partial charge in [-0.15, -0.1) is 5.11 Å². The second-order valence-corrected chi connectivity index (χ2v) is 3.88. The Morgan fingerprint density at radius 2 is 1.28 bits per heavy atom. The SMILES string of the molecule is CN=NC(OC)(c1ccccc1)c1ccccc1. The molecule has 0 unspecified atom stereocenters. The van der Waals surface area contributed by atoms with Crippen molar-refractivity contribution in [3.63, 3.8) is 0 Å². The molecule has 2 aromatic carbocycles. The van der Waals surface area contributed by atoms with Crippen LogP contribution in [0.2, 0.25) is 0 Å². The third-order valence-electron chi connectivity index (χ3n) is 2.87. The summed E-state index contributed by atoms with van der Waals surface area (Å²) in [4.78, 5) is 0. The summed E-state index contributed by atoms with van der Waals surface area (Å²) >= 11 is 0. The van der Waals surface area contributed by atoms with Gasteiger partial charge in [0, 0.05) is 25.3 Å². The van der Waals surface area contributed by atoms with E-state index in [4.69, 9.17) is 4.74 Å². The molecular weight excluding hydrogens is 224 g/mol. The Balaban J connectivity index is 2.61. The van der Waals surface area contributed by atoms with Crippen molar-refractivity contribution < 1.29 is 4.74 Å². The molecule has 3 heteroatoms. The maximum absolute atomic E-state index is 5.69. The van der Waals surface area contributed by atoms with Crippen LogP contribution in [-0.4, -0.2) is 14.2 Å². The molecule has 0 aliphatic carbocycles. The van der Waals surface area contributed by atoms with Gasteiger partial charge in [0.05, 0.1) is 0 Å². The predicted octanol–water partition coefficient (Wildman–Crippen LogP) is 3.62. The Hall–Kier alpha value is -2.00. The van der Waals surface area contributed by atoms with Crippen LogP contribution < -0.4 is 0 Å². The summed E-state index contributed by atoms with van der Waals surface area (Å²) in [7, 11) is 3.30. The van der Waals surface area contributed by atoms with Crippen LogP contribution in [0.3, 0.4) is 0 Å². The number of hydrogen-bond acceptors (Lipinski definition) is 3. The topological polar surface area (TPSA) is 34.0 Å². The first-order chi connectivity index (χ1) is 8.83. The quantitative estimate of drug-likeness (QED) is 0.751. The first kappa shape index (κ1) is 12.5. The highest BCUT2D eigenvalue weighted by molar-refractivity contribution is 5.35. The minimum absolute atomic E-state index is 0.864. The van der Waals surface area contributed by atoms with E-state index in [1.807, 2.05) is 60.7 Å². The van der Waals surface area contributed by atoms with E-state index in [1.54, 1.807) is 14.2 Å². The van der Waals surface area contributed by atoms with Crippen molar-refractivity contribution in [3.05, 3.63) is 71.8 Å². The molecule has 3 nitrogen and oxygen atoms in total. The van der Waals surface area contributed by atoms with Gasteiger partial charge in [-0.1, -0.05) is 60.7 Å². The van der Waals surface area contributed by atoms with Crippen molar-refractivity contribution in [1.82, 2.24) is 0 Å². The lowest BCUT2D eigenvalue weighted by Crippen LogP contribution is -2.27. The first-order valence-corrected chi connectivity index (χ1v) is 5.80. The lowest BCUT2D eigenvalue weighted by molar-refractivity contribution is 0.0234. The number of benzene rings is 2. The molecule has 0 aliphatic rings. The van der Waals surface area contributed by atoms with Crippen molar-refractivity contribution in [2.24, 2.45) is 10.2 Å². The van der Waals surface area contributed by atoms with Gasteiger partial charge >= 0.3 is 0 Å². The molecule has 0 amide bonds. The average molecular weight is 240 g/mol. The van der Waals surface area contributed by atoms with Crippen molar-refractivity contribution in [2.75, 3.05) is 14.2 Å². The Morgan fingerprint density at radius 3 is 1.61 bits per heavy atom. The maximum Gasteiger partial charge on any atom is 0.230 e. The first-order valence-electron chi connectivity index (χ1n) is 5.80. The minimum atomic E-state index is -0.864. The third-order valence-corrected chi connectivity index (χ3v) is 2.87. The van der Waals surface area contributed by atoms with Crippen LogP contribution in [0.15, 0.2) is 70.9 Å². The van der Waals surface area contributed by atoms with Crippen LogP contribution in [0.25, 0.3) is 0 Å². The average Bonchev–Trinajstić information content (AvgIpc) is 2.47. The highest BCUT2D eigenvalue weighted by Crippen LogP contribution is 2.34. The van der Waals surface area contributed by atoms with Gasteiger partial charge in [-0.3, -0.25) is 0 Å². The molecule has 0 N–H and O–H groups in total. The van der Waals surface area contributed by atoms with Gasteiger partial charge in [0.15, 0.2) is 0 Å². The lowest BCUT2D eigenvalue weighted by Gasteiger charge is -2.27. The van der Waals surface area contributed by atoms with Gasteiger partial charge in [-0.05, 0) is 0 Å². The summed E-state index contributed by atoms with van der Waals surface area (Å²) in [5.74, 6) is 0. The molecule has 0 aliphatic heterocycles. The normalized spacial score (nSPS) is 11.9. The Bertz CT molecular complexity index is 469. The maximum atomic E-state index is 5.69. The number of hydrogen-bond donors (Lipinski definition) is 0. The molecule has 0 atom stereocenters. The zero-order chi connectivity index (χ0) is 12.8. The van der Waals surface area contributed by atoms with Gasteiger partial charge in [0.25, 0.3) is 0 Å². The van der Waals surface area contributed by atoms with E-state index in [9.17, 15) is 0 Å². The van der Waals surface area contributed by atoms with Crippen LogP contribution in [0.1, 0.15) is 11.1 Å². The van der Waals surface area contributed by atoms with E-state index in [1.165, 1.54) is 0 Å². The Morgan fingerprint density at radius 1 is 0.833 bits per heavy atom. The molecule has 0 radical (unpaired) electrons. The molecule has 0 aromatic heterocycles. The predicted molar refractivity (Wildman–Crippen MR) is 71.5 cm³/mol. The smallest absolute Gasteiger partial charge is 0.230 e.